The van der Waals surface area contributed by atoms with Gasteiger partial charge in [0.25, 0.3) is 0 Å². The SMILES string of the molecule is O=C(CCC(=O)Nc1noc2ccccc12)Nc1ccc(F)cc1. The Morgan fingerprint density at radius 1 is 0.958 bits per heavy atom. The van der Waals surface area contributed by atoms with Crippen molar-refractivity contribution < 1.29 is 18.5 Å². The normalized spacial score (nSPS) is 10.5. The lowest BCUT2D eigenvalue weighted by molar-refractivity contribution is -0.121. The molecule has 2 amide bonds. The monoisotopic (exact) mass is 327 g/mol. The molecule has 0 saturated carbocycles. The van der Waals surface area contributed by atoms with Crippen LogP contribution < -0.4 is 10.6 Å². The van der Waals surface area contributed by atoms with E-state index in [1.165, 1.54) is 24.3 Å². The Balaban J connectivity index is 1.52. The zero-order chi connectivity index (χ0) is 16.9. The zero-order valence-corrected chi connectivity index (χ0v) is 12.6. The van der Waals surface area contributed by atoms with E-state index in [1.807, 2.05) is 6.07 Å². The average molecular weight is 327 g/mol. The number of nitrogens with one attached hydrogen (secondary N) is 2. The molecule has 2 aromatic carbocycles. The summed E-state index contributed by atoms with van der Waals surface area (Å²) < 4.78 is 17.9. The van der Waals surface area contributed by atoms with Crippen LogP contribution in [0.3, 0.4) is 0 Å². The van der Waals surface area contributed by atoms with Crippen LogP contribution in [0.4, 0.5) is 15.9 Å². The summed E-state index contributed by atoms with van der Waals surface area (Å²) >= 11 is 0. The first kappa shape index (κ1) is 15.7. The van der Waals surface area contributed by atoms with E-state index in [4.69, 9.17) is 4.52 Å². The minimum atomic E-state index is -0.382. The third-order valence-corrected chi connectivity index (χ3v) is 3.34. The fraction of sp³-hybridized carbons (Fsp3) is 0.118. The Bertz CT molecular complexity index is 874. The van der Waals surface area contributed by atoms with Gasteiger partial charge in [0.2, 0.25) is 11.8 Å². The van der Waals surface area contributed by atoms with Gasteiger partial charge in [-0.1, -0.05) is 17.3 Å². The van der Waals surface area contributed by atoms with Gasteiger partial charge in [-0.2, -0.15) is 0 Å². The number of para-hydroxylation sites is 1. The van der Waals surface area contributed by atoms with Gasteiger partial charge in [0.05, 0.1) is 5.39 Å². The molecule has 1 heterocycles. The van der Waals surface area contributed by atoms with Crippen LogP contribution in [0.1, 0.15) is 12.8 Å². The highest BCUT2D eigenvalue weighted by atomic mass is 19.1. The van der Waals surface area contributed by atoms with Gasteiger partial charge in [0.1, 0.15) is 5.82 Å². The summed E-state index contributed by atoms with van der Waals surface area (Å²) in [6.45, 7) is 0. The molecule has 0 fully saturated rings. The number of rotatable bonds is 5. The van der Waals surface area contributed by atoms with Crippen molar-refractivity contribution in [1.29, 1.82) is 0 Å². The number of aromatic nitrogens is 1. The number of carbonyl (C=O) groups excluding carboxylic acids is 2. The summed E-state index contributed by atoms with van der Waals surface area (Å²) in [6, 6.07) is 12.5. The zero-order valence-electron chi connectivity index (χ0n) is 12.6. The van der Waals surface area contributed by atoms with E-state index in [9.17, 15) is 14.0 Å². The first-order valence-corrected chi connectivity index (χ1v) is 7.31. The smallest absolute Gasteiger partial charge is 0.226 e. The van der Waals surface area contributed by atoms with Crippen molar-refractivity contribution in [2.24, 2.45) is 0 Å². The number of amides is 2. The van der Waals surface area contributed by atoms with Gasteiger partial charge in [-0.05, 0) is 36.4 Å². The first-order chi connectivity index (χ1) is 11.6. The molecule has 0 aliphatic carbocycles. The van der Waals surface area contributed by atoms with Crippen LogP contribution in [0, 0.1) is 5.82 Å². The van der Waals surface area contributed by atoms with Gasteiger partial charge in [-0.25, -0.2) is 4.39 Å². The summed E-state index contributed by atoms with van der Waals surface area (Å²) in [7, 11) is 0. The molecule has 122 valence electrons. The third-order valence-electron chi connectivity index (χ3n) is 3.34. The van der Waals surface area contributed by atoms with E-state index in [0.717, 1.165) is 0 Å². The highest BCUT2D eigenvalue weighted by Gasteiger charge is 2.12. The molecule has 24 heavy (non-hydrogen) atoms. The van der Waals surface area contributed by atoms with Gasteiger partial charge in [-0.3, -0.25) is 9.59 Å². The van der Waals surface area contributed by atoms with Crippen LogP contribution in [-0.4, -0.2) is 17.0 Å². The Kier molecular flexibility index (Phi) is 4.51. The molecular weight excluding hydrogens is 313 g/mol. The molecule has 2 N–H and O–H groups in total. The molecule has 0 spiro atoms. The van der Waals surface area contributed by atoms with E-state index < -0.39 is 0 Å². The molecule has 3 rings (SSSR count). The van der Waals surface area contributed by atoms with Crippen molar-refractivity contribution in [3.8, 4) is 0 Å². The van der Waals surface area contributed by atoms with Crippen LogP contribution in [0.25, 0.3) is 11.0 Å². The Labute approximate surface area is 136 Å². The summed E-state index contributed by atoms with van der Waals surface area (Å²) in [6.07, 6.45) is -0.00674. The molecule has 0 saturated heterocycles. The largest absolute Gasteiger partial charge is 0.354 e. The van der Waals surface area contributed by atoms with Crippen molar-refractivity contribution in [3.63, 3.8) is 0 Å². The fourth-order valence-electron chi connectivity index (χ4n) is 2.15. The number of hydrogen-bond acceptors (Lipinski definition) is 4. The molecule has 0 radical (unpaired) electrons. The van der Waals surface area contributed by atoms with Crippen molar-refractivity contribution in [2.75, 3.05) is 10.6 Å². The van der Waals surface area contributed by atoms with Gasteiger partial charge < -0.3 is 15.2 Å². The number of halogens is 1. The predicted molar refractivity (Wildman–Crippen MR) is 86.9 cm³/mol. The van der Waals surface area contributed by atoms with Crippen molar-refractivity contribution in [3.05, 3.63) is 54.3 Å². The molecule has 1 aromatic heterocycles. The van der Waals surface area contributed by atoms with E-state index in [1.54, 1.807) is 18.2 Å². The Hall–Kier alpha value is -3.22. The second-order valence-corrected chi connectivity index (χ2v) is 5.13. The maximum absolute atomic E-state index is 12.8. The van der Waals surface area contributed by atoms with Gasteiger partial charge in [0, 0.05) is 18.5 Å². The number of carbonyl (C=O) groups is 2. The first-order valence-electron chi connectivity index (χ1n) is 7.31. The summed E-state index contributed by atoms with van der Waals surface area (Å²) in [5.74, 6) is -0.730. The summed E-state index contributed by atoms with van der Waals surface area (Å²) in [4.78, 5) is 23.7. The molecule has 0 atom stereocenters. The van der Waals surface area contributed by atoms with E-state index in [0.29, 0.717) is 22.5 Å². The quantitative estimate of drug-likeness (QED) is 0.753. The minimum absolute atomic E-state index is 0.000998. The van der Waals surface area contributed by atoms with Crippen LogP contribution in [0.5, 0.6) is 0 Å². The lowest BCUT2D eigenvalue weighted by Gasteiger charge is -2.05. The predicted octanol–water partition coefficient (Wildman–Crippen LogP) is 3.32. The average Bonchev–Trinajstić information content (AvgIpc) is 2.98. The van der Waals surface area contributed by atoms with Crippen LogP contribution in [-0.2, 0) is 9.59 Å². The molecule has 0 aliphatic rings. The van der Waals surface area contributed by atoms with Crippen molar-refractivity contribution in [2.45, 2.75) is 12.8 Å². The van der Waals surface area contributed by atoms with Crippen LogP contribution in [0.2, 0.25) is 0 Å². The molecule has 7 heteroatoms. The van der Waals surface area contributed by atoms with E-state index in [-0.39, 0.29) is 30.5 Å². The number of nitrogens with zero attached hydrogens (tertiary/aromatic N) is 1. The maximum atomic E-state index is 12.8. The maximum Gasteiger partial charge on any atom is 0.226 e. The lowest BCUT2D eigenvalue weighted by Crippen LogP contribution is -2.17. The molecule has 0 bridgehead atoms. The topological polar surface area (TPSA) is 84.2 Å². The van der Waals surface area contributed by atoms with E-state index in [2.05, 4.69) is 15.8 Å². The molecule has 3 aromatic rings. The minimum Gasteiger partial charge on any atom is -0.354 e. The van der Waals surface area contributed by atoms with Crippen LogP contribution >= 0.6 is 0 Å². The van der Waals surface area contributed by atoms with Gasteiger partial charge in [-0.15, -0.1) is 0 Å². The fourth-order valence-corrected chi connectivity index (χ4v) is 2.15. The lowest BCUT2D eigenvalue weighted by atomic mass is 10.2. The van der Waals surface area contributed by atoms with Crippen molar-refractivity contribution >= 4 is 34.3 Å². The van der Waals surface area contributed by atoms with E-state index >= 15 is 0 Å². The number of anilines is 2. The van der Waals surface area contributed by atoms with Crippen molar-refractivity contribution in [1.82, 2.24) is 5.16 Å². The highest BCUT2D eigenvalue weighted by Crippen LogP contribution is 2.22. The second-order valence-electron chi connectivity index (χ2n) is 5.13. The molecule has 6 nitrogen and oxygen atoms in total. The van der Waals surface area contributed by atoms with Crippen LogP contribution in [0.15, 0.2) is 53.1 Å². The molecule has 0 unspecified atom stereocenters. The number of fused-ring (bicyclic) bond motifs is 1. The summed E-state index contributed by atoms with van der Waals surface area (Å²) in [5.41, 5.74) is 1.05. The second kappa shape index (κ2) is 6.91. The highest BCUT2D eigenvalue weighted by molar-refractivity contribution is 6.00. The molecular formula is C17H14FN3O3. The summed E-state index contributed by atoms with van der Waals surface area (Å²) in [5, 5.41) is 9.70. The molecule has 0 aliphatic heterocycles. The Morgan fingerprint density at radius 2 is 1.62 bits per heavy atom. The van der Waals surface area contributed by atoms with Gasteiger partial charge in [0.15, 0.2) is 11.4 Å². The number of hydrogen-bond donors (Lipinski definition) is 2. The number of benzene rings is 2. The third kappa shape index (κ3) is 3.75. The standard InChI is InChI=1S/C17H14FN3O3/c18-11-5-7-12(8-6-11)19-15(22)9-10-16(23)20-17-13-3-1-2-4-14(13)24-21-17/h1-8H,9-10H2,(H,19,22)(H,20,21,23). The van der Waals surface area contributed by atoms with Gasteiger partial charge >= 0.3 is 0 Å². The Morgan fingerprint density at radius 3 is 2.38 bits per heavy atom.